The van der Waals surface area contributed by atoms with Crippen LogP contribution < -0.4 is 4.74 Å². The van der Waals surface area contributed by atoms with Crippen molar-refractivity contribution in [1.29, 1.82) is 0 Å². The average Bonchev–Trinajstić information content (AvgIpc) is 3.19. The molecular formula is C19H28N2O. The van der Waals surface area contributed by atoms with E-state index in [1.807, 2.05) is 0 Å². The second kappa shape index (κ2) is 6.21. The summed E-state index contributed by atoms with van der Waals surface area (Å²) in [5, 5.41) is 0. The first-order valence-corrected chi connectivity index (χ1v) is 8.91. The van der Waals surface area contributed by atoms with Crippen LogP contribution in [0, 0.1) is 11.8 Å². The van der Waals surface area contributed by atoms with Crippen molar-refractivity contribution in [3.05, 3.63) is 29.8 Å². The van der Waals surface area contributed by atoms with Crippen molar-refractivity contribution < 1.29 is 4.74 Å². The molecule has 3 atom stereocenters. The highest BCUT2D eigenvalue weighted by Gasteiger charge is 2.42. The molecule has 4 rings (SSSR count). The zero-order valence-corrected chi connectivity index (χ0v) is 13.7. The van der Waals surface area contributed by atoms with Gasteiger partial charge in [0.25, 0.3) is 0 Å². The molecule has 1 aromatic rings. The van der Waals surface area contributed by atoms with Crippen molar-refractivity contribution in [3.8, 4) is 5.75 Å². The number of nitrogens with zero attached hydrogens (tertiary/aromatic N) is 2. The third-order valence-corrected chi connectivity index (χ3v) is 6.14. The van der Waals surface area contributed by atoms with Crippen LogP contribution >= 0.6 is 0 Å². The predicted molar refractivity (Wildman–Crippen MR) is 89.1 cm³/mol. The summed E-state index contributed by atoms with van der Waals surface area (Å²) in [4.78, 5) is 5.40. The summed E-state index contributed by atoms with van der Waals surface area (Å²) in [5.74, 6) is 3.04. The first-order chi connectivity index (χ1) is 10.8. The number of benzene rings is 1. The summed E-state index contributed by atoms with van der Waals surface area (Å²) in [6.07, 6.45) is 6.03. The Kier molecular flexibility index (Phi) is 4.10. The Bertz CT molecular complexity index is 493. The van der Waals surface area contributed by atoms with Crippen molar-refractivity contribution in [2.45, 2.75) is 38.3 Å². The van der Waals surface area contributed by atoms with E-state index in [-0.39, 0.29) is 0 Å². The van der Waals surface area contributed by atoms with Crippen LogP contribution in [0.25, 0.3) is 0 Å². The summed E-state index contributed by atoms with van der Waals surface area (Å²) in [5.41, 5.74) is 1.40. The second-order valence-electron chi connectivity index (χ2n) is 7.40. The van der Waals surface area contributed by atoms with E-state index in [1.54, 1.807) is 7.11 Å². The molecule has 0 spiro atoms. The molecule has 120 valence electrons. The first kappa shape index (κ1) is 14.5. The van der Waals surface area contributed by atoms with Gasteiger partial charge in [-0.15, -0.1) is 0 Å². The minimum atomic E-state index is 0.918. The lowest BCUT2D eigenvalue weighted by Gasteiger charge is -2.41. The highest BCUT2D eigenvalue weighted by atomic mass is 16.5. The van der Waals surface area contributed by atoms with E-state index in [4.69, 9.17) is 4.74 Å². The van der Waals surface area contributed by atoms with E-state index in [0.29, 0.717) is 0 Å². The molecule has 2 aliphatic carbocycles. The van der Waals surface area contributed by atoms with Crippen molar-refractivity contribution in [3.63, 3.8) is 0 Å². The van der Waals surface area contributed by atoms with Gasteiger partial charge in [-0.25, -0.2) is 0 Å². The number of rotatable bonds is 4. The maximum atomic E-state index is 5.23. The quantitative estimate of drug-likeness (QED) is 0.850. The van der Waals surface area contributed by atoms with Crippen molar-refractivity contribution in [1.82, 2.24) is 9.80 Å². The molecule has 1 heterocycles. The van der Waals surface area contributed by atoms with Gasteiger partial charge in [0, 0.05) is 38.8 Å². The van der Waals surface area contributed by atoms with Crippen LogP contribution in [0.1, 0.15) is 31.2 Å². The summed E-state index contributed by atoms with van der Waals surface area (Å²) in [6, 6.07) is 9.45. The summed E-state index contributed by atoms with van der Waals surface area (Å²) < 4.78 is 5.23. The summed E-state index contributed by atoms with van der Waals surface area (Å²) >= 11 is 0. The van der Waals surface area contributed by atoms with E-state index in [9.17, 15) is 0 Å². The number of hydrogen-bond acceptors (Lipinski definition) is 3. The average molecular weight is 300 g/mol. The molecule has 3 fully saturated rings. The molecule has 1 aliphatic heterocycles. The van der Waals surface area contributed by atoms with Gasteiger partial charge in [0.2, 0.25) is 0 Å². The fourth-order valence-electron chi connectivity index (χ4n) is 4.90. The Morgan fingerprint density at radius 1 is 1.00 bits per heavy atom. The Balaban J connectivity index is 1.28. The topological polar surface area (TPSA) is 15.7 Å². The van der Waals surface area contributed by atoms with Crippen molar-refractivity contribution in [2.75, 3.05) is 33.3 Å². The monoisotopic (exact) mass is 300 g/mol. The van der Waals surface area contributed by atoms with Crippen LogP contribution in [0.4, 0.5) is 0 Å². The first-order valence-electron chi connectivity index (χ1n) is 8.91. The molecule has 2 saturated carbocycles. The lowest BCUT2D eigenvalue weighted by Crippen LogP contribution is -2.51. The Morgan fingerprint density at radius 3 is 2.36 bits per heavy atom. The van der Waals surface area contributed by atoms with E-state index < -0.39 is 0 Å². The number of ether oxygens (including phenoxy) is 1. The Morgan fingerprint density at radius 2 is 1.77 bits per heavy atom. The highest BCUT2D eigenvalue weighted by molar-refractivity contribution is 5.27. The molecule has 1 aromatic carbocycles. The Labute approximate surface area is 134 Å². The molecule has 3 aliphatic rings. The second-order valence-corrected chi connectivity index (χ2v) is 7.40. The normalized spacial score (nSPS) is 32.5. The van der Waals surface area contributed by atoms with Crippen LogP contribution in [-0.4, -0.2) is 49.1 Å². The van der Waals surface area contributed by atoms with E-state index >= 15 is 0 Å². The lowest BCUT2D eigenvalue weighted by molar-refractivity contribution is 0.0679. The molecule has 0 aromatic heterocycles. The smallest absolute Gasteiger partial charge is 0.118 e. The maximum absolute atomic E-state index is 5.23. The van der Waals surface area contributed by atoms with Gasteiger partial charge in [-0.05, 0) is 48.8 Å². The zero-order valence-electron chi connectivity index (χ0n) is 13.7. The van der Waals surface area contributed by atoms with Gasteiger partial charge < -0.3 is 4.74 Å². The van der Waals surface area contributed by atoms with Crippen LogP contribution in [-0.2, 0) is 6.54 Å². The van der Waals surface area contributed by atoms with E-state index in [1.165, 1.54) is 57.4 Å². The van der Waals surface area contributed by atoms with Gasteiger partial charge in [-0.3, -0.25) is 9.80 Å². The third kappa shape index (κ3) is 2.89. The van der Waals surface area contributed by atoms with Gasteiger partial charge in [0.05, 0.1) is 7.11 Å². The zero-order chi connectivity index (χ0) is 14.9. The molecule has 3 nitrogen and oxygen atoms in total. The molecule has 0 radical (unpaired) electrons. The molecule has 0 amide bonds. The van der Waals surface area contributed by atoms with Crippen molar-refractivity contribution >= 4 is 0 Å². The minimum absolute atomic E-state index is 0.918. The van der Waals surface area contributed by atoms with Gasteiger partial charge in [-0.2, -0.15) is 0 Å². The number of fused-ring (bicyclic) bond motifs is 2. The van der Waals surface area contributed by atoms with Gasteiger partial charge in [-0.1, -0.05) is 18.6 Å². The van der Waals surface area contributed by atoms with Crippen LogP contribution in [0.3, 0.4) is 0 Å². The van der Waals surface area contributed by atoms with Crippen molar-refractivity contribution in [2.24, 2.45) is 11.8 Å². The number of piperazine rings is 1. The predicted octanol–water partition coefficient (Wildman–Crippen LogP) is 3.00. The standard InChI is InChI=1S/C19H28N2O/c1-22-18-6-3-15(4-7-18)14-20-8-10-21(11-9-20)19-13-16-2-5-17(19)12-16/h3-4,6-7,16-17,19H,2,5,8-14H2,1H3/t16-,17-,19+/m0/s1. The third-order valence-electron chi connectivity index (χ3n) is 6.14. The largest absolute Gasteiger partial charge is 0.497 e. The highest BCUT2D eigenvalue weighted by Crippen LogP contribution is 2.46. The summed E-state index contributed by atoms with van der Waals surface area (Å²) in [7, 11) is 1.73. The molecule has 0 unspecified atom stereocenters. The van der Waals surface area contributed by atoms with Crippen LogP contribution in [0.2, 0.25) is 0 Å². The van der Waals surface area contributed by atoms with Gasteiger partial charge in [0.15, 0.2) is 0 Å². The minimum Gasteiger partial charge on any atom is -0.497 e. The van der Waals surface area contributed by atoms with E-state index in [2.05, 4.69) is 34.1 Å². The molecule has 1 saturated heterocycles. The van der Waals surface area contributed by atoms with Crippen LogP contribution in [0.15, 0.2) is 24.3 Å². The molecule has 3 heteroatoms. The molecule has 0 N–H and O–H groups in total. The van der Waals surface area contributed by atoms with Crippen LogP contribution in [0.5, 0.6) is 5.75 Å². The number of hydrogen-bond donors (Lipinski definition) is 0. The fourth-order valence-corrected chi connectivity index (χ4v) is 4.90. The Hall–Kier alpha value is -1.06. The molecule has 2 bridgehead atoms. The SMILES string of the molecule is COc1ccc(CN2CCN([C@@H]3C[C@H]4CC[C@H]3C4)CC2)cc1. The lowest BCUT2D eigenvalue weighted by atomic mass is 9.93. The van der Waals surface area contributed by atoms with E-state index in [0.717, 1.165) is 30.2 Å². The maximum Gasteiger partial charge on any atom is 0.118 e. The van der Waals surface area contributed by atoms with Gasteiger partial charge in [0.1, 0.15) is 5.75 Å². The fraction of sp³-hybridized carbons (Fsp3) is 0.684. The molecule has 22 heavy (non-hydrogen) atoms. The number of methoxy groups -OCH3 is 1. The summed E-state index contributed by atoms with van der Waals surface area (Å²) in [6.45, 7) is 6.06. The van der Waals surface area contributed by atoms with Gasteiger partial charge >= 0.3 is 0 Å². The molecular weight excluding hydrogens is 272 g/mol.